The minimum absolute atomic E-state index is 0.734. The van der Waals surface area contributed by atoms with Gasteiger partial charge in [-0.3, -0.25) is 0 Å². The smallest absolute Gasteiger partial charge is 0.160 e. The minimum atomic E-state index is 0.734. The van der Waals surface area contributed by atoms with E-state index in [2.05, 4.69) is 115 Å². The van der Waals surface area contributed by atoms with Crippen LogP contribution in [-0.4, -0.2) is 9.97 Å². The Bertz CT molecular complexity index is 1880. The van der Waals surface area contributed by atoms with Crippen LogP contribution in [0.5, 0.6) is 0 Å². The molecule has 0 bridgehead atoms. The molecular formula is C36H24N2. The van der Waals surface area contributed by atoms with E-state index in [1.807, 2.05) is 30.6 Å². The molecule has 7 aromatic rings. The maximum Gasteiger partial charge on any atom is 0.160 e. The van der Waals surface area contributed by atoms with Crippen LogP contribution in [0.25, 0.3) is 66.3 Å². The summed E-state index contributed by atoms with van der Waals surface area (Å²) in [6, 6.07) is 46.9. The van der Waals surface area contributed by atoms with E-state index in [1.165, 1.54) is 33.0 Å². The number of nitrogens with zero attached hydrogens (tertiary/aromatic N) is 2. The zero-order valence-electron chi connectivity index (χ0n) is 20.8. The maximum absolute atomic E-state index is 4.90. The Balaban J connectivity index is 1.54. The maximum atomic E-state index is 4.90. The Kier molecular flexibility index (Phi) is 5.49. The monoisotopic (exact) mass is 484 g/mol. The summed E-state index contributed by atoms with van der Waals surface area (Å²) >= 11 is 0. The molecule has 0 aliphatic carbocycles. The molecule has 2 nitrogen and oxygen atoms in total. The van der Waals surface area contributed by atoms with Crippen molar-refractivity contribution in [3.63, 3.8) is 0 Å². The normalized spacial score (nSPS) is 11.2. The molecule has 0 unspecified atom stereocenters. The first-order chi connectivity index (χ1) is 18.9. The summed E-state index contributed by atoms with van der Waals surface area (Å²) in [5.74, 6) is 0.734. The molecule has 0 N–H and O–H groups in total. The van der Waals surface area contributed by atoms with Crippen molar-refractivity contribution in [3.8, 4) is 44.8 Å². The molecule has 0 saturated carbocycles. The highest BCUT2D eigenvalue weighted by Crippen LogP contribution is 2.44. The van der Waals surface area contributed by atoms with Gasteiger partial charge in [0.15, 0.2) is 5.82 Å². The van der Waals surface area contributed by atoms with Crippen molar-refractivity contribution >= 4 is 21.5 Å². The van der Waals surface area contributed by atoms with Gasteiger partial charge >= 0.3 is 0 Å². The summed E-state index contributed by atoms with van der Waals surface area (Å²) in [4.78, 5) is 9.79. The molecule has 0 fully saturated rings. The lowest BCUT2D eigenvalue weighted by Crippen LogP contribution is -1.95. The molecule has 0 aliphatic heterocycles. The summed E-state index contributed by atoms with van der Waals surface area (Å²) in [6.07, 6.45) is 3.86. The van der Waals surface area contributed by atoms with E-state index in [0.29, 0.717) is 0 Å². The van der Waals surface area contributed by atoms with Gasteiger partial charge in [-0.25, -0.2) is 9.97 Å². The van der Waals surface area contributed by atoms with Crippen molar-refractivity contribution in [2.24, 2.45) is 0 Å². The SMILES string of the molecule is c1ccc(-c2cnc(-c3c4ccccc4c(-c4ccccc4)c4cc(-c5ccccc5)ccc34)nc2)cc1. The van der Waals surface area contributed by atoms with Crippen LogP contribution in [0.2, 0.25) is 0 Å². The number of aromatic nitrogens is 2. The fourth-order valence-electron chi connectivity index (χ4n) is 5.38. The quantitative estimate of drug-likeness (QED) is 0.233. The third-order valence-corrected chi connectivity index (χ3v) is 7.18. The first-order valence-corrected chi connectivity index (χ1v) is 12.8. The first-order valence-electron chi connectivity index (χ1n) is 12.8. The zero-order valence-corrected chi connectivity index (χ0v) is 20.8. The van der Waals surface area contributed by atoms with Crippen molar-refractivity contribution in [1.82, 2.24) is 9.97 Å². The number of hydrogen-bond acceptors (Lipinski definition) is 2. The van der Waals surface area contributed by atoms with Gasteiger partial charge in [-0.05, 0) is 55.4 Å². The highest BCUT2D eigenvalue weighted by Gasteiger charge is 2.18. The molecular weight excluding hydrogens is 460 g/mol. The van der Waals surface area contributed by atoms with Crippen molar-refractivity contribution < 1.29 is 0 Å². The summed E-state index contributed by atoms with van der Waals surface area (Å²) in [5, 5.41) is 4.69. The van der Waals surface area contributed by atoms with Gasteiger partial charge in [0.1, 0.15) is 0 Å². The molecule has 0 radical (unpaired) electrons. The van der Waals surface area contributed by atoms with E-state index in [4.69, 9.17) is 9.97 Å². The van der Waals surface area contributed by atoms with Gasteiger partial charge in [-0.15, -0.1) is 0 Å². The van der Waals surface area contributed by atoms with Gasteiger partial charge in [0, 0.05) is 23.5 Å². The molecule has 2 heteroatoms. The molecule has 38 heavy (non-hydrogen) atoms. The second-order valence-corrected chi connectivity index (χ2v) is 9.45. The number of fused-ring (bicyclic) bond motifs is 2. The third kappa shape index (κ3) is 3.84. The highest BCUT2D eigenvalue weighted by atomic mass is 14.9. The second kappa shape index (κ2) is 9.42. The van der Waals surface area contributed by atoms with E-state index in [-0.39, 0.29) is 0 Å². The van der Waals surface area contributed by atoms with Crippen LogP contribution in [0.3, 0.4) is 0 Å². The lowest BCUT2D eigenvalue weighted by atomic mass is 9.86. The van der Waals surface area contributed by atoms with Crippen LogP contribution in [0, 0.1) is 0 Å². The van der Waals surface area contributed by atoms with Crippen LogP contribution in [-0.2, 0) is 0 Å². The van der Waals surface area contributed by atoms with Crippen LogP contribution in [0.15, 0.2) is 146 Å². The molecule has 1 aromatic heterocycles. The van der Waals surface area contributed by atoms with E-state index in [9.17, 15) is 0 Å². The largest absolute Gasteiger partial charge is 0.236 e. The van der Waals surface area contributed by atoms with Crippen LogP contribution in [0.1, 0.15) is 0 Å². The predicted octanol–water partition coefficient (Wildman–Crippen LogP) is 9.45. The Morgan fingerprint density at radius 2 is 0.789 bits per heavy atom. The van der Waals surface area contributed by atoms with Gasteiger partial charge in [-0.2, -0.15) is 0 Å². The highest BCUT2D eigenvalue weighted by molar-refractivity contribution is 6.21. The van der Waals surface area contributed by atoms with Gasteiger partial charge < -0.3 is 0 Å². The zero-order chi connectivity index (χ0) is 25.3. The standard InChI is InChI=1S/C36H24N2/c1-4-12-25(13-5-1)28-20-21-32-33(22-28)34(27-16-8-3-9-17-27)30-18-10-11-19-31(30)35(32)36-37-23-29(24-38-36)26-14-6-2-7-15-26/h1-24H. The van der Waals surface area contributed by atoms with Crippen molar-refractivity contribution in [2.45, 2.75) is 0 Å². The Morgan fingerprint density at radius 1 is 0.316 bits per heavy atom. The first kappa shape index (κ1) is 22.1. The summed E-state index contributed by atoms with van der Waals surface area (Å²) < 4.78 is 0. The second-order valence-electron chi connectivity index (χ2n) is 9.45. The van der Waals surface area contributed by atoms with Gasteiger partial charge in [0.25, 0.3) is 0 Å². The Hall–Kier alpha value is -5.08. The van der Waals surface area contributed by atoms with E-state index >= 15 is 0 Å². The topological polar surface area (TPSA) is 25.8 Å². The Morgan fingerprint density at radius 3 is 1.39 bits per heavy atom. The number of rotatable bonds is 4. The summed E-state index contributed by atoms with van der Waals surface area (Å²) in [7, 11) is 0. The molecule has 0 aliphatic rings. The van der Waals surface area contributed by atoms with Crippen LogP contribution >= 0.6 is 0 Å². The molecule has 178 valence electrons. The van der Waals surface area contributed by atoms with E-state index in [1.54, 1.807) is 0 Å². The summed E-state index contributed by atoms with van der Waals surface area (Å²) in [6.45, 7) is 0. The third-order valence-electron chi connectivity index (χ3n) is 7.18. The molecule has 7 rings (SSSR count). The predicted molar refractivity (Wildman–Crippen MR) is 159 cm³/mol. The molecule has 6 aromatic carbocycles. The summed E-state index contributed by atoms with van der Waals surface area (Å²) in [5.41, 5.74) is 8.01. The average molecular weight is 485 g/mol. The van der Waals surface area contributed by atoms with Gasteiger partial charge in [0.05, 0.1) is 0 Å². The number of benzene rings is 6. The molecule has 0 amide bonds. The molecule has 0 saturated heterocycles. The van der Waals surface area contributed by atoms with Gasteiger partial charge in [0.2, 0.25) is 0 Å². The molecule has 1 heterocycles. The van der Waals surface area contributed by atoms with Crippen LogP contribution < -0.4 is 0 Å². The Labute approximate surface area is 221 Å². The van der Waals surface area contributed by atoms with Crippen molar-refractivity contribution in [3.05, 3.63) is 146 Å². The lowest BCUT2D eigenvalue weighted by molar-refractivity contribution is 1.19. The molecule has 0 atom stereocenters. The van der Waals surface area contributed by atoms with E-state index < -0.39 is 0 Å². The van der Waals surface area contributed by atoms with Crippen molar-refractivity contribution in [1.29, 1.82) is 0 Å². The van der Waals surface area contributed by atoms with Crippen LogP contribution in [0.4, 0.5) is 0 Å². The molecule has 0 spiro atoms. The fourth-order valence-corrected chi connectivity index (χ4v) is 5.38. The van der Waals surface area contributed by atoms with Crippen molar-refractivity contribution in [2.75, 3.05) is 0 Å². The lowest BCUT2D eigenvalue weighted by Gasteiger charge is -2.18. The number of hydrogen-bond donors (Lipinski definition) is 0. The minimum Gasteiger partial charge on any atom is -0.236 e. The average Bonchev–Trinajstić information content (AvgIpc) is 3.01. The van der Waals surface area contributed by atoms with Gasteiger partial charge in [-0.1, -0.05) is 127 Å². The van der Waals surface area contributed by atoms with E-state index in [0.717, 1.165) is 33.3 Å². The fraction of sp³-hybridized carbons (Fsp3) is 0.